The minimum atomic E-state index is -1.15. The van der Waals surface area contributed by atoms with Crippen molar-refractivity contribution in [1.29, 1.82) is 0 Å². The fourth-order valence-electron chi connectivity index (χ4n) is 4.09. The lowest BCUT2D eigenvalue weighted by Gasteiger charge is -2.43. The molecule has 0 aromatic heterocycles. The van der Waals surface area contributed by atoms with Crippen LogP contribution in [0.5, 0.6) is 5.75 Å². The molecule has 1 unspecified atom stereocenters. The van der Waals surface area contributed by atoms with Crippen molar-refractivity contribution in [2.24, 2.45) is 0 Å². The maximum Gasteiger partial charge on any atom is 0.320 e. The number of hydrogen-bond acceptors (Lipinski definition) is 4. The predicted octanol–water partition coefficient (Wildman–Crippen LogP) is 2.49. The van der Waals surface area contributed by atoms with Gasteiger partial charge in [-0.1, -0.05) is 39.5 Å². The monoisotopic (exact) mass is 481 g/mol. The number of nitrogens with zero attached hydrogens (tertiary/aromatic N) is 2. The molecule has 3 rings (SSSR count). The molecule has 34 heavy (non-hydrogen) atoms. The van der Waals surface area contributed by atoms with Crippen LogP contribution in [0.1, 0.15) is 45.6 Å². The lowest BCUT2D eigenvalue weighted by atomic mass is 9.66. The average molecular weight is 481 g/mol. The zero-order valence-electron chi connectivity index (χ0n) is 20.4. The van der Waals surface area contributed by atoms with E-state index in [4.69, 9.17) is 25.2 Å². The highest BCUT2D eigenvalue weighted by atomic mass is 31.0. The quantitative estimate of drug-likeness (QED) is 0.390. The lowest BCUT2D eigenvalue weighted by molar-refractivity contribution is -0.122. The molecule has 1 aromatic carbocycles. The van der Waals surface area contributed by atoms with Crippen LogP contribution in [0.4, 0.5) is 4.79 Å². The van der Waals surface area contributed by atoms with Gasteiger partial charge in [0.05, 0.1) is 21.8 Å². The molecule has 1 heterocycles. The number of ether oxygens (including phenoxy) is 2. The van der Waals surface area contributed by atoms with Crippen LogP contribution in [0.2, 0.25) is 0 Å². The van der Waals surface area contributed by atoms with E-state index in [2.05, 4.69) is 35.0 Å². The predicted molar refractivity (Wildman–Crippen MR) is 138 cm³/mol. The van der Waals surface area contributed by atoms with Gasteiger partial charge in [0.25, 0.3) is 5.91 Å². The Morgan fingerprint density at radius 1 is 1.21 bits per heavy atom. The Kier molecular flexibility index (Phi) is 8.41. The van der Waals surface area contributed by atoms with Gasteiger partial charge in [0.2, 0.25) is 0 Å². The molecule has 180 valence electrons. The highest BCUT2D eigenvalue weighted by Gasteiger charge is 2.41. The summed E-state index contributed by atoms with van der Waals surface area (Å²) in [6, 6.07) is 7.84. The number of urea groups is 1. The molecule has 7 nitrogen and oxygen atoms in total. The third-order valence-corrected chi connectivity index (χ3v) is 6.36. The summed E-state index contributed by atoms with van der Waals surface area (Å²) in [4.78, 5) is 28.6. The average Bonchev–Trinajstić information content (AvgIpc) is 3.06. The van der Waals surface area contributed by atoms with E-state index in [1.807, 2.05) is 29.2 Å². The van der Waals surface area contributed by atoms with Crippen molar-refractivity contribution >= 4 is 36.9 Å². The van der Waals surface area contributed by atoms with Crippen molar-refractivity contribution in [2.45, 2.75) is 62.7 Å². The highest BCUT2D eigenvalue weighted by molar-refractivity contribution is 7.18. The number of rotatable bonds is 11. The van der Waals surface area contributed by atoms with Gasteiger partial charge >= 0.3 is 6.03 Å². The zero-order chi connectivity index (χ0) is 25.1. The van der Waals surface area contributed by atoms with Crippen LogP contribution in [0.25, 0.3) is 0 Å². The normalized spacial score (nSPS) is 20.8. The Labute approximate surface area is 208 Å². The van der Waals surface area contributed by atoms with Crippen molar-refractivity contribution < 1.29 is 19.1 Å². The Bertz CT molecular complexity index is 893. The molecule has 1 aromatic rings. The molecule has 2 aliphatic rings. The van der Waals surface area contributed by atoms with Gasteiger partial charge in [-0.05, 0) is 35.9 Å². The maximum absolute atomic E-state index is 12.7. The smallest absolute Gasteiger partial charge is 0.320 e. The van der Waals surface area contributed by atoms with Crippen LogP contribution in [0.3, 0.4) is 0 Å². The van der Waals surface area contributed by atoms with E-state index < -0.39 is 5.40 Å². The summed E-state index contributed by atoms with van der Waals surface area (Å²) in [6.45, 7) is 11.5. The van der Waals surface area contributed by atoms with E-state index in [9.17, 15) is 9.59 Å². The van der Waals surface area contributed by atoms with Crippen LogP contribution in [-0.4, -0.2) is 81.2 Å². The first-order valence-corrected chi connectivity index (χ1v) is 12.2. The van der Waals surface area contributed by atoms with Gasteiger partial charge in [-0.25, -0.2) is 4.79 Å². The summed E-state index contributed by atoms with van der Waals surface area (Å²) >= 11 is 0. The van der Waals surface area contributed by atoms with E-state index in [0.29, 0.717) is 37.5 Å². The second-order valence-electron chi connectivity index (χ2n) is 9.95. The van der Waals surface area contributed by atoms with E-state index in [1.165, 1.54) is 0 Å². The maximum atomic E-state index is 12.7. The molecular weight excluding hydrogens is 447 g/mol. The molecule has 1 saturated heterocycles. The first kappa shape index (κ1) is 26.6. The fraction of sp³-hybridized carbons (Fsp3) is 0.583. The molecule has 3 amide bonds. The number of carbonyl (C=O) groups excluding carboxylic acids is 2. The van der Waals surface area contributed by atoms with Gasteiger partial charge < -0.3 is 24.6 Å². The fourth-order valence-corrected chi connectivity index (χ4v) is 4.28. The number of hydrogen-bond donors (Lipinski definition) is 1. The molecule has 1 atom stereocenters. The Morgan fingerprint density at radius 2 is 1.85 bits per heavy atom. The molecule has 0 spiro atoms. The van der Waals surface area contributed by atoms with E-state index in [-0.39, 0.29) is 35.8 Å². The number of amides is 3. The van der Waals surface area contributed by atoms with Crippen LogP contribution < -0.4 is 10.1 Å². The molecule has 1 aliphatic carbocycles. The van der Waals surface area contributed by atoms with Crippen molar-refractivity contribution in [2.75, 3.05) is 26.2 Å². The molecule has 1 saturated carbocycles. The van der Waals surface area contributed by atoms with Crippen molar-refractivity contribution in [3.8, 4) is 5.75 Å². The number of nitrogens with one attached hydrogen (secondary N) is 1. The summed E-state index contributed by atoms with van der Waals surface area (Å²) in [5, 5.41) is 1.58. The molecular formula is C24H34B2N3O4P. The Hall–Kier alpha value is -1.98. The molecule has 2 fully saturated rings. The molecule has 1 N–H and O–H groups in total. The molecule has 0 bridgehead atoms. The molecule has 1 aliphatic heterocycles. The summed E-state index contributed by atoms with van der Waals surface area (Å²) in [5.74, 6) is 0.356. The summed E-state index contributed by atoms with van der Waals surface area (Å²) < 4.78 is 11.1. The summed E-state index contributed by atoms with van der Waals surface area (Å²) in [5.41, 5.74) is 1.72. The second-order valence-corrected chi connectivity index (χ2v) is 11.4. The van der Waals surface area contributed by atoms with Crippen LogP contribution >= 0.6 is 9.24 Å². The number of benzene rings is 1. The van der Waals surface area contributed by atoms with Gasteiger partial charge in [0, 0.05) is 43.0 Å². The third kappa shape index (κ3) is 7.51. The second kappa shape index (κ2) is 10.7. The lowest BCUT2D eigenvalue weighted by Crippen LogP contribution is -2.52. The standard InChI is InChI=1S/C24H34B2N3O4P/c1-16(27-21(30)15-32-19-7-5-17(6-8-19)23(2,3)34)9-10-28-11-12-29(22(28)31)18-13-20(14-18)33-24(4,25)26/h5-8,18,20H,1,9-15,34H2,2-4H3,(H,27,30). The Balaban J connectivity index is 1.34. The van der Waals surface area contributed by atoms with Crippen molar-refractivity contribution in [1.82, 2.24) is 15.1 Å². The van der Waals surface area contributed by atoms with Crippen molar-refractivity contribution in [3.05, 3.63) is 42.1 Å². The van der Waals surface area contributed by atoms with Crippen LogP contribution in [0.15, 0.2) is 36.5 Å². The minimum absolute atomic E-state index is 0.00581. The van der Waals surface area contributed by atoms with E-state index >= 15 is 0 Å². The van der Waals surface area contributed by atoms with Gasteiger partial charge in [-0.3, -0.25) is 4.79 Å². The molecule has 10 heteroatoms. The first-order valence-electron chi connectivity index (χ1n) is 11.6. The van der Waals surface area contributed by atoms with Gasteiger partial charge in [0.1, 0.15) is 5.75 Å². The minimum Gasteiger partial charge on any atom is -0.484 e. The number of carbonyl (C=O) groups is 2. The zero-order valence-corrected chi connectivity index (χ0v) is 21.5. The molecule has 4 radical (unpaired) electrons. The van der Waals surface area contributed by atoms with Gasteiger partial charge in [-0.15, -0.1) is 9.24 Å². The topological polar surface area (TPSA) is 71.1 Å². The van der Waals surface area contributed by atoms with Crippen LogP contribution in [0, 0.1) is 0 Å². The van der Waals surface area contributed by atoms with Gasteiger partial charge in [-0.2, -0.15) is 0 Å². The largest absolute Gasteiger partial charge is 0.484 e. The Morgan fingerprint density at radius 3 is 2.44 bits per heavy atom. The highest BCUT2D eigenvalue weighted by Crippen LogP contribution is 2.33. The van der Waals surface area contributed by atoms with E-state index in [0.717, 1.165) is 18.4 Å². The third-order valence-electron chi connectivity index (χ3n) is 6.03. The van der Waals surface area contributed by atoms with E-state index in [1.54, 1.807) is 11.8 Å². The first-order chi connectivity index (χ1) is 15.8. The van der Waals surface area contributed by atoms with Gasteiger partial charge in [0.15, 0.2) is 6.61 Å². The van der Waals surface area contributed by atoms with Crippen molar-refractivity contribution in [3.63, 3.8) is 0 Å². The summed E-state index contributed by atoms with van der Waals surface area (Å²) in [6.07, 6.45) is 1.95. The SMILES string of the molecule is [B]C([B])(C)OC1CC(N2CCN(CCC(=C)NC(=O)COc3ccc(C(C)(C)P)cc3)C2=O)C1. The van der Waals surface area contributed by atoms with Crippen LogP contribution in [-0.2, 0) is 14.7 Å². The summed E-state index contributed by atoms with van der Waals surface area (Å²) in [7, 11) is 14.2.